The van der Waals surface area contributed by atoms with Gasteiger partial charge in [-0.25, -0.2) is 19.3 Å². The first kappa shape index (κ1) is 22.2. The fourth-order valence-electron chi connectivity index (χ4n) is 6.06. The fourth-order valence-corrected chi connectivity index (χ4v) is 6.06. The maximum absolute atomic E-state index is 16.2. The molecule has 0 unspecified atom stereocenters. The van der Waals surface area contributed by atoms with E-state index in [1.165, 1.54) is 6.33 Å². The molecule has 0 amide bonds. The van der Waals surface area contributed by atoms with E-state index in [0.717, 1.165) is 25.7 Å². The van der Waals surface area contributed by atoms with Crippen LogP contribution >= 0.6 is 0 Å². The monoisotopic (exact) mass is 482 g/mol. The second kappa shape index (κ2) is 8.72. The molecule has 3 aromatic heterocycles. The van der Waals surface area contributed by atoms with E-state index in [1.54, 1.807) is 36.7 Å². The zero-order chi connectivity index (χ0) is 24.8. The lowest BCUT2D eigenvalue weighted by atomic mass is 9.61. The molecule has 4 aromatic rings. The number of carboxylic acid groups (broad SMARTS) is 1. The maximum Gasteiger partial charge on any atom is 0.308 e. The van der Waals surface area contributed by atoms with Crippen molar-refractivity contribution in [2.24, 2.45) is 17.8 Å². The number of pyridine rings is 1. The molecular formula is C27H23FN6O2. The number of carboxylic acids is 1. The molecule has 9 heteroatoms. The van der Waals surface area contributed by atoms with E-state index < -0.39 is 23.7 Å². The molecule has 8 nitrogen and oxygen atoms in total. The molecule has 3 aliphatic rings. The molecule has 3 aliphatic carbocycles. The van der Waals surface area contributed by atoms with Gasteiger partial charge in [-0.3, -0.25) is 4.79 Å². The molecular weight excluding hydrogens is 459 g/mol. The average Bonchev–Trinajstić information content (AvgIpc) is 3.34. The molecule has 2 bridgehead atoms. The molecule has 1 aromatic carbocycles. The quantitative estimate of drug-likeness (QED) is 0.365. The van der Waals surface area contributed by atoms with Crippen LogP contribution < -0.4 is 5.32 Å². The lowest BCUT2D eigenvalue weighted by molar-refractivity contribution is -0.148. The summed E-state index contributed by atoms with van der Waals surface area (Å²) in [6.07, 6.45) is 8.28. The molecule has 3 heterocycles. The molecule has 3 N–H and O–H groups in total. The number of benzene rings is 1. The van der Waals surface area contributed by atoms with Crippen LogP contribution in [0, 0.1) is 34.9 Å². The molecule has 0 radical (unpaired) electrons. The molecule has 0 saturated heterocycles. The Bertz CT molecular complexity index is 1500. The van der Waals surface area contributed by atoms with Gasteiger partial charge >= 0.3 is 5.97 Å². The van der Waals surface area contributed by atoms with E-state index in [2.05, 4.69) is 31.3 Å². The van der Waals surface area contributed by atoms with Crippen molar-refractivity contribution in [1.82, 2.24) is 19.9 Å². The Hall–Kier alpha value is -4.32. The number of nitriles is 1. The zero-order valence-electron chi connectivity index (χ0n) is 19.3. The number of hydrogen-bond donors (Lipinski definition) is 3. The normalized spacial score (nSPS) is 22.9. The van der Waals surface area contributed by atoms with Crippen LogP contribution in [-0.4, -0.2) is 37.1 Å². The van der Waals surface area contributed by atoms with E-state index in [-0.39, 0.29) is 34.5 Å². The lowest BCUT2D eigenvalue weighted by Crippen LogP contribution is -2.51. The van der Waals surface area contributed by atoms with Crippen molar-refractivity contribution in [2.75, 3.05) is 5.32 Å². The second-order valence-electron chi connectivity index (χ2n) is 9.55. The Morgan fingerprint density at radius 1 is 1.17 bits per heavy atom. The Morgan fingerprint density at radius 2 is 1.92 bits per heavy atom. The molecule has 0 spiro atoms. The fraction of sp³-hybridized carbons (Fsp3) is 0.296. The van der Waals surface area contributed by atoms with Crippen LogP contribution in [0.5, 0.6) is 0 Å². The van der Waals surface area contributed by atoms with Gasteiger partial charge < -0.3 is 15.4 Å². The number of hydrogen-bond acceptors (Lipinski definition) is 6. The molecule has 7 rings (SSSR count). The van der Waals surface area contributed by atoms with Crippen molar-refractivity contribution < 1.29 is 14.3 Å². The van der Waals surface area contributed by atoms with Crippen molar-refractivity contribution >= 4 is 22.8 Å². The summed E-state index contributed by atoms with van der Waals surface area (Å²) in [5.41, 5.74) is 2.19. The Balaban J connectivity index is 1.56. The van der Waals surface area contributed by atoms with Crippen LogP contribution in [0.15, 0.2) is 49.1 Å². The van der Waals surface area contributed by atoms with E-state index in [1.807, 2.05) is 6.07 Å². The number of rotatable bonds is 5. The van der Waals surface area contributed by atoms with Crippen molar-refractivity contribution in [3.63, 3.8) is 0 Å². The minimum atomic E-state index is -0.867. The molecule has 3 saturated carbocycles. The summed E-state index contributed by atoms with van der Waals surface area (Å²) in [6, 6.07) is 10.6. The summed E-state index contributed by atoms with van der Waals surface area (Å²) < 4.78 is 16.2. The van der Waals surface area contributed by atoms with Crippen LogP contribution in [0.2, 0.25) is 0 Å². The van der Waals surface area contributed by atoms with Gasteiger partial charge in [0.25, 0.3) is 0 Å². The number of anilines is 1. The van der Waals surface area contributed by atoms with Crippen LogP contribution in [0.1, 0.15) is 31.2 Å². The van der Waals surface area contributed by atoms with E-state index >= 15 is 4.39 Å². The summed E-state index contributed by atoms with van der Waals surface area (Å²) in [7, 11) is 0. The number of H-pyrrole nitrogens is 1. The predicted molar refractivity (Wildman–Crippen MR) is 131 cm³/mol. The van der Waals surface area contributed by atoms with Gasteiger partial charge in [0.15, 0.2) is 11.6 Å². The van der Waals surface area contributed by atoms with Crippen LogP contribution in [0.25, 0.3) is 33.4 Å². The van der Waals surface area contributed by atoms with Crippen molar-refractivity contribution in [1.29, 1.82) is 5.26 Å². The first-order valence-corrected chi connectivity index (χ1v) is 12.0. The highest BCUT2D eigenvalue weighted by molar-refractivity contribution is 5.95. The number of aromatic nitrogens is 4. The van der Waals surface area contributed by atoms with Gasteiger partial charge in [-0.1, -0.05) is 30.3 Å². The number of carbonyl (C=O) groups is 1. The van der Waals surface area contributed by atoms with Crippen LogP contribution in [-0.2, 0) is 4.79 Å². The highest BCUT2D eigenvalue weighted by atomic mass is 19.1. The number of nitrogens with zero attached hydrogens (tertiary/aromatic N) is 4. The topological polar surface area (TPSA) is 128 Å². The van der Waals surface area contributed by atoms with Gasteiger partial charge in [0.2, 0.25) is 0 Å². The van der Waals surface area contributed by atoms with Crippen LogP contribution in [0.4, 0.5) is 10.2 Å². The Morgan fingerprint density at radius 3 is 2.64 bits per heavy atom. The largest absolute Gasteiger partial charge is 0.481 e. The minimum Gasteiger partial charge on any atom is -0.481 e. The summed E-state index contributed by atoms with van der Waals surface area (Å²) in [5.74, 6) is -2.00. The summed E-state index contributed by atoms with van der Waals surface area (Å²) in [5, 5.41) is 24.0. The van der Waals surface area contributed by atoms with Crippen molar-refractivity contribution in [3.05, 3.63) is 60.4 Å². The number of nitrogens with one attached hydrogen (secondary N) is 2. The minimum absolute atomic E-state index is 0.0437. The van der Waals surface area contributed by atoms with Crippen molar-refractivity contribution in [3.8, 4) is 28.5 Å². The summed E-state index contributed by atoms with van der Waals surface area (Å²) in [6.45, 7) is 0. The zero-order valence-corrected chi connectivity index (χ0v) is 19.3. The first-order valence-electron chi connectivity index (χ1n) is 12.0. The van der Waals surface area contributed by atoms with Gasteiger partial charge in [-0.15, -0.1) is 0 Å². The van der Waals surface area contributed by atoms with Gasteiger partial charge in [-0.2, -0.15) is 5.26 Å². The first-order chi connectivity index (χ1) is 17.6. The Kier molecular flexibility index (Phi) is 5.37. The smallest absolute Gasteiger partial charge is 0.308 e. The molecule has 3 fully saturated rings. The van der Waals surface area contributed by atoms with Gasteiger partial charge in [0.05, 0.1) is 17.2 Å². The lowest BCUT2D eigenvalue weighted by Gasteiger charge is -2.47. The predicted octanol–water partition coefficient (Wildman–Crippen LogP) is 5.00. The van der Waals surface area contributed by atoms with Gasteiger partial charge in [-0.05, 0) is 43.1 Å². The molecule has 180 valence electrons. The second-order valence-corrected chi connectivity index (χ2v) is 9.55. The number of halogens is 1. The standard InChI is InChI=1S/C27H23FN6O2/c28-22-20(14-4-2-1-3-5-14)17(10-29)24(18-12-31-25-19(18)11-30-13-32-25)34-26(22)33-23-16-8-6-15(7-9-16)21(23)27(35)36/h1-5,11-13,15-16,21,23H,6-9H2,(H,33,34)(H,35,36)(H,30,31,32)/t15?,16?,21-,23-/m1/s1. The Labute approximate surface area is 206 Å². The maximum atomic E-state index is 16.2. The molecule has 2 atom stereocenters. The highest BCUT2D eigenvalue weighted by Crippen LogP contribution is 2.47. The van der Waals surface area contributed by atoms with Gasteiger partial charge in [0, 0.05) is 34.9 Å². The number of aromatic amines is 1. The molecule has 0 aliphatic heterocycles. The average molecular weight is 483 g/mol. The molecule has 36 heavy (non-hydrogen) atoms. The van der Waals surface area contributed by atoms with E-state index in [4.69, 9.17) is 0 Å². The third kappa shape index (κ3) is 3.49. The van der Waals surface area contributed by atoms with Gasteiger partial charge in [0.1, 0.15) is 18.0 Å². The third-order valence-electron chi connectivity index (χ3n) is 7.73. The number of aliphatic carboxylic acids is 1. The van der Waals surface area contributed by atoms with Crippen molar-refractivity contribution in [2.45, 2.75) is 31.7 Å². The summed E-state index contributed by atoms with van der Waals surface area (Å²) in [4.78, 5) is 28.2. The third-order valence-corrected chi connectivity index (χ3v) is 7.73. The SMILES string of the molecule is N#Cc1c(-c2c[nH]c3ncncc23)nc(N[C@@H]2C3CCC(CC3)[C@H]2C(=O)O)c(F)c1-c1ccccc1. The summed E-state index contributed by atoms with van der Waals surface area (Å²) >= 11 is 0. The van der Waals surface area contributed by atoms with E-state index in [0.29, 0.717) is 22.2 Å². The van der Waals surface area contributed by atoms with E-state index in [9.17, 15) is 15.2 Å². The van der Waals surface area contributed by atoms with Crippen LogP contribution in [0.3, 0.4) is 0 Å². The highest BCUT2D eigenvalue weighted by Gasteiger charge is 2.47. The number of fused-ring (bicyclic) bond motifs is 4.